The van der Waals surface area contributed by atoms with Gasteiger partial charge in [-0.25, -0.2) is 0 Å². The largest absolute Gasteiger partial charge is 0.507 e. The number of para-hydroxylation sites is 1. The molecule has 0 aromatic heterocycles. The lowest BCUT2D eigenvalue weighted by Gasteiger charge is -2.30. The summed E-state index contributed by atoms with van der Waals surface area (Å²) in [5.74, 6) is -1.00. The number of aromatic hydroxyl groups is 1. The number of hydrogen-bond donors (Lipinski definition) is 3. The quantitative estimate of drug-likeness (QED) is 0.615. The molecule has 6 heteroatoms. The van der Waals surface area contributed by atoms with Crippen molar-refractivity contribution in [3.05, 3.63) is 71.8 Å². The minimum atomic E-state index is -0.560. The number of hydrazine groups is 1. The third-order valence-corrected chi connectivity index (χ3v) is 4.97. The first-order valence-corrected chi connectivity index (χ1v) is 9.25. The summed E-state index contributed by atoms with van der Waals surface area (Å²) in [5.41, 5.74) is 7.24. The second-order valence-electron chi connectivity index (χ2n) is 6.87. The maximum Gasteiger partial charge on any atom is 0.273 e. The molecule has 0 fully saturated rings. The fraction of sp³-hybridized carbons (Fsp3) is 0.182. The number of aryl methyl sites for hydroxylation is 1. The first kappa shape index (κ1) is 17.9. The summed E-state index contributed by atoms with van der Waals surface area (Å²) in [4.78, 5) is 26.7. The Bertz CT molecular complexity index is 1050. The predicted molar refractivity (Wildman–Crippen MR) is 108 cm³/mol. The molecule has 4 rings (SSSR count). The summed E-state index contributed by atoms with van der Waals surface area (Å²) in [6.07, 6.45) is 1.99. The fourth-order valence-corrected chi connectivity index (χ4v) is 3.59. The van der Waals surface area contributed by atoms with Crippen LogP contribution in [-0.4, -0.2) is 30.0 Å². The normalized spacial score (nSPS) is 13.1. The Labute approximate surface area is 162 Å². The first-order valence-electron chi connectivity index (χ1n) is 9.25. The van der Waals surface area contributed by atoms with Gasteiger partial charge in [-0.15, -0.1) is 0 Å². The highest BCUT2D eigenvalue weighted by atomic mass is 16.3. The molecule has 0 bridgehead atoms. The van der Waals surface area contributed by atoms with Crippen LogP contribution in [0.2, 0.25) is 0 Å². The zero-order valence-corrected chi connectivity index (χ0v) is 15.3. The molecule has 1 aliphatic rings. The molecule has 3 aromatic rings. The summed E-state index contributed by atoms with van der Waals surface area (Å²) >= 11 is 0. The molecule has 1 heterocycles. The Hall–Kier alpha value is -3.54. The van der Waals surface area contributed by atoms with Crippen LogP contribution in [0.25, 0.3) is 10.8 Å². The molecule has 0 saturated heterocycles. The minimum absolute atomic E-state index is 0.113. The van der Waals surface area contributed by atoms with E-state index in [1.165, 1.54) is 11.6 Å². The summed E-state index contributed by atoms with van der Waals surface area (Å²) in [7, 11) is 0. The fourth-order valence-electron chi connectivity index (χ4n) is 3.59. The summed E-state index contributed by atoms with van der Waals surface area (Å²) in [5, 5.41) is 11.8. The number of carbonyl (C=O) groups is 2. The highest BCUT2D eigenvalue weighted by Crippen LogP contribution is 2.26. The van der Waals surface area contributed by atoms with Gasteiger partial charge in [0.25, 0.3) is 11.8 Å². The van der Waals surface area contributed by atoms with Crippen molar-refractivity contribution >= 4 is 28.3 Å². The standard InChI is InChI=1S/C22H21N3O3/c26-20-13-17-8-2-1-7-16(17)12-18(20)22(28)24-23-21(27)14-25-11-5-9-15-6-3-4-10-19(15)25/h1-4,6-8,10,12-13,26H,5,9,11,14H2,(H,23,27)(H,24,28). The van der Waals surface area contributed by atoms with Gasteiger partial charge in [-0.05, 0) is 47.4 Å². The number of amides is 2. The number of benzene rings is 3. The van der Waals surface area contributed by atoms with E-state index in [2.05, 4.69) is 16.9 Å². The maximum absolute atomic E-state index is 12.4. The molecule has 0 spiro atoms. The lowest BCUT2D eigenvalue weighted by atomic mass is 10.0. The molecule has 0 unspecified atom stereocenters. The maximum atomic E-state index is 12.4. The van der Waals surface area contributed by atoms with Crippen LogP contribution in [0.4, 0.5) is 5.69 Å². The van der Waals surface area contributed by atoms with Crippen molar-refractivity contribution in [2.75, 3.05) is 18.0 Å². The van der Waals surface area contributed by atoms with Gasteiger partial charge >= 0.3 is 0 Å². The Morgan fingerprint density at radius 2 is 1.68 bits per heavy atom. The topological polar surface area (TPSA) is 81.7 Å². The van der Waals surface area contributed by atoms with Crippen LogP contribution in [0.5, 0.6) is 5.75 Å². The van der Waals surface area contributed by atoms with E-state index >= 15 is 0 Å². The third kappa shape index (κ3) is 3.62. The van der Waals surface area contributed by atoms with Crippen molar-refractivity contribution < 1.29 is 14.7 Å². The number of rotatable bonds is 3. The van der Waals surface area contributed by atoms with Crippen molar-refractivity contribution in [1.82, 2.24) is 10.9 Å². The Morgan fingerprint density at radius 1 is 0.964 bits per heavy atom. The lowest BCUT2D eigenvalue weighted by Crippen LogP contribution is -2.47. The number of nitrogens with zero attached hydrogens (tertiary/aromatic N) is 1. The molecular weight excluding hydrogens is 354 g/mol. The van der Waals surface area contributed by atoms with Crippen LogP contribution in [0.15, 0.2) is 60.7 Å². The first-order chi connectivity index (χ1) is 13.6. The predicted octanol–water partition coefficient (Wildman–Crippen LogP) is 2.76. The summed E-state index contributed by atoms with van der Waals surface area (Å²) in [6.45, 7) is 0.949. The second kappa shape index (κ2) is 7.60. The number of hydrogen-bond acceptors (Lipinski definition) is 4. The lowest BCUT2D eigenvalue weighted by molar-refractivity contribution is -0.120. The van der Waals surface area contributed by atoms with Crippen LogP contribution in [0.3, 0.4) is 0 Å². The molecular formula is C22H21N3O3. The van der Waals surface area contributed by atoms with Gasteiger partial charge in [0.2, 0.25) is 0 Å². The van der Waals surface area contributed by atoms with Crippen molar-refractivity contribution in [3.63, 3.8) is 0 Å². The Balaban J connectivity index is 1.40. The van der Waals surface area contributed by atoms with Crippen molar-refractivity contribution in [2.45, 2.75) is 12.8 Å². The molecule has 0 atom stereocenters. The van der Waals surface area contributed by atoms with Gasteiger partial charge in [0.05, 0.1) is 12.1 Å². The number of anilines is 1. The summed E-state index contributed by atoms with van der Waals surface area (Å²) < 4.78 is 0. The van der Waals surface area contributed by atoms with Gasteiger partial charge in [-0.1, -0.05) is 42.5 Å². The van der Waals surface area contributed by atoms with E-state index in [0.717, 1.165) is 35.8 Å². The van der Waals surface area contributed by atoms with Gasteiger partial charge < -0.3 is 10.0 Å². The molecule has 0 saturated carbocycles. The second-order valence-corrected chi connectivity index (χ2v) is 6.87. The van der Waals surface area contributed by atoms with E-state index in [1.807, 2.05) is 47.4 Å². The van der Waals surface area contributed by atoms with E-state index in [9.17, 15) is 14.7 Å². The Morgan fingerprint density at radius 3 is 2.50 bits per heavy atom. The van der Waals surface area contributed by atoms with Crippen LogP contribution in [0, 0.1) is 0 Å². The van der Waals surface area contributed by atoms with Crippen LogP contribution in [-0.2, 0) is 11.2 Å². The number of carbonyl (C=O) groups excluding carboxylic acids is 2. The van der Waals surface area contributed by atoms with E-state index in [4.69, 9.17) is 0 Å². The van der Waals surface area contributed by atoms with Gasteiger partial charge in [-0.3, -0.25) is 20.4 Å². The third-order valence-electron chi connectivity index (χ3n) is 4.97. The number of nitrogens with one attached hydrogen (secondary N) is 2. The molecule has 0 aliphatic carbocycles. The monoisotopic (exact) mass is 375 g/mol. The van der Waals surface area contributed by atoms with Crippen LogP contribution in [0.1, 0.15) is 22.3 Å². The average molecular weight is 375 g/mol. The van der Waals surface area contributed by atoms with Crippen molar-refractivity contribution in [2.24, 2.45) is 0 Å². The van der Waals surface area contributed by atoms with Crippen LogP contribution < -0.4 is 15.8 Å². The van der Waals surface area contributed by atoms with E-state index in [0.29, 0.717) is 0 Å². The van der Waals surface area contributed by atoms with E-state index in [-0.39, 0.29) is 23.8 Å². The highest BCUT2D eigenvalue weighted by Gasteiger charge is 2.19. The smallest absolute Gasteiger partial charge is 0.273 e. The summed E-state index contributed by atoms with van der Waals surface area (Å²) in [6, 6.07) is 18.6. The highest BCUT2D eigenvalue weighted by molar-refractivity contribution is 6.02. The molecule has 28 heavy (non-hydrogen) atoms. The molecule has 0 radical (unpaired) electrons. The molecule has 3 N–H and O–H groups in total. The zero-order valence-electron chi connectivity index (χ0n) is 15.3. The zero-order chi connectivity index (χ0) is 19.5. The molecule has 142 valence electrons. The van der Waals surface area contributed by atoms with Gasteiger partial charge in [0.15, 0.2) is 0 Å². The van der Waals surface area contributed by atoms with Crippen molar-refractivity contribution in [3.8, 4) is 5.75 Å². The van der Waals surface area contributed by atoms with Crippen LogP contribution >= 0.6 is 0 Å². The number of phenolic OH excluding ortho intramolecular Hbond substituents is 1. The van der Waals surface area contributed by atoms with Gasteiger partial charge in [0.1, 0.15) is 5.75 Å². The molecule has 6 nitrogen and oxygen atoms in total. The van der Waals surface area contributed by atoms with Gasteiger partial charge in [0, 0.05) is 12.2 Å². The average Bonchev–Trinajstić information content (AvgIpc) is 2.72. The number of phenols is 1. The van der Waals surface area contributed by atoms with Crippen molar-refractivity contribution in [1.29, 1.82) is 0 Å². The molecule has 2 amide bonds. The Kier molecular flexibility index (Phi) is 4.85. The minimum Gasteiger partial charge on any atom is -0.507 e. The van der Waals surface area contributed by atoms with E-state index in [1.54, 1.807) is 6.07 Å². The number of fused-ring (bicyclic) bond motifs is 2. The van der Waals surface area contributed by atoms with Gasteiger partial charge in [-0.2, -0.15) is 0 Å². The van der Waals surface area contributed by atoms with E-state index < -0.39 is 5.91 Å². The SMILES string of the molecule is O=C(CN1CCCc2ccccc21)NNC(=O)c1cc2ccccc2cc1O. The molecule has 3 aromatic carbocycles. The molecule has 1 aliphatic heterocycles.